The van der Waals surface area contributed by atoms with E-state index in [1.54, 1.807) is 0 Å². The summed E-state index contributed by atoms with van der Waals surface area (Å²) in [5.74, 6) is 1.43. The molecule has 0 amide bonds. The Kier molecular flexibility index (Phi) is 2.68. The van der Waals surface area contributed by atoms with Crippen molar-refractivity contribution in [1.29, 1.82) is 0 Å². The lowest BCUT2D eigenvalue weighted by Gasteiger charge is -2.25. The molecule has 1 heterocycles. The molecule has 0 aromatic heterocycles. The van der Waals surface area contributed by atoms with Crippen molar-refractivity contribution in [2.45, 2.75) is 45.1 Å². The minimum atomic E-state index is 0.439. The van der Waals surface area contributed by atoms with Gasteiger partial charge in [-0.1, -0.05) is 19.8 Å². The van der Waals surface area contributed by atoms with E-state index in [0.29, 0.717) is 11.8 Å². The molecule has 0 bridgehead atoms. The van der Waals surface area contributed by atoms with Gasteiger partial charge >= 0.3 is 0 Å². The average molecular weight is 181 g/mol. The minimum Gasteiger partial charge on any atom is -0.298 e. The molecule has 0 N–H and O–H groups in total. The lowest BCUT2D eigenvalue weighted by molar-refractivity contribution is -0.117. The molecule has 0 aromatic carbocycles. The van der Waals surface area contributed by atoms with E-state index in [4.69, 9.17) is 0 Å². The Hall–Kier alpha value is -0.370. The molecule has 1 aliphatic heterocycles. The van der Waals surface area contributed by atoms with E-state index in [1.807, 2.05) is 0 Å². The van der Waals surface area contributed by atoms with Crippen molar-refractivity contribution < 1.29 is 4.79 Å². The van der Waals surface area contributed by atoms with Crippen LogP contribution < -0.4 is 0 Å². The van der Waals surface area contributed by atoms with Crippen LogP contribution in [0.15, 0.2) is 0 Å². The van der Waals surface area contributed by atoms with Gasteiger partial charge in [-0.3, -0.25) is 9.69 Å². The van der Waals surface area contributed by atoms with Crippen LogP contribution in [0.1, 0.15) is 39.0 Å². The third-order valence-corrected chi connectivity index (χ3v) is 3.35. The Morgan fingerprint density at radius 3 is 2.77 bits per heavy atom. The Balaban J connectivity index is 1.83. The number of nitrogens with zero attached hydrogens (tertiary/aromatic N) is 1. The van der Waals surface area contributed by atoms with E-state index in [1.165, 1.54) is 25.7 Å². The van der Waals surface area contributed by atoms with E-state index in [0.717, 1.165) is 25.4 Å². The summed E-state index contributed by atoms with van der Waals surface area (Å²) >= 11 is 0. The van der Waals surface area contributed by atoms with Crippen molar-refractivity contribution in [3.05, 3.63) is 0 Å². The van der Waals surface area contributed by atoms with Crippen LogP contribution in [0.2, 0.25) is 0 Å². The molecule has 1 saturated heterocycles. The maximum atomic E-state index is 11.1. The third kappa shape index (κ3) is 2.31. The van der Waals surface area contributed by atoms with Gasteiger partial charge in [0.2, 0.25) is 0 Å². The predicted molar refractivity (Wildman–Crippen MR) is 52.6 cm³/mol. The Labute approximate surface area is 80.3 Å². The Morgan fingerprint density at radius 2 is 2.31 bits per heavy atom. The molecular formula is C11H19NO. The third-order valence-electron chi connectivity index (χ3n) is 3.35. The number of ketones is 1. The fraction of sp³-hybridized carbons (Fsp3) is 0.909. The Morgan fingerprint density at radius 1 is 1.54 bits per heavy atom. The van der Waals surface area contributed by atoms with Crippen molar-refractivity contribution in [2.24, 2.45) is 5.92 Å². The summed E-state index contributed by atoms with van der Waals surface area (Å²) in [6.07, 6.45) is 6.20. The lowest BCUT2D eigenvalue weighted by atomic mass is 10.1. The summed E-state index contributed by atoms with van der Waals surface area (Å²) in [5, 5.41) is 0. The van der Waals surface area contributed by atoms with Gasteiger partial charge in [0.15, 0.2) is 0 Å². The first-order valence-electron chi connectivity index (χ1n) is 5.55. The second kappa shape index (κ2) is 3.79. The van der Waals surface area contributed by atoms with Crippen molar-refractivity contribution in [1.82, 2.24) is 4.90 Å². The van der Waals surface area contributed by atoms with Crippen LogP contribution in [0.4, 0.5) is 0 Å². The van der Waals surface area contributed by atoms with Gasteiger partial charge in [-0.25, -0.2) is 0 Å². The average Bonchev–Trinajstić information content (AvgIpc) is 2.84. The van der Waals surface area contributed by atoms with Crippen LogP contribution in [0.5, 0.6) is 0 Å². The highest BCUT2D eigenvalue weighted by molar-refractivity contribution is 5.82. The predicted octanol–water partition coefficient (Wildman–Crippen LogP) is 1.84. The molecule has 1 atom stereocenters. The van der Waals surface area contributed by atoms with Crippen molar-refractivity contribution in [2.75, 3.05) is 13.1 Å². The summed E-state index contributed by atoms with van der Waals surface area (Å²) in [5.41, 5.74) is 0. The second-order valence-corrected chi connectivity index (χ2v) is 4.50. The fourth-order valence-electron chi connectivity index (χ4n) is 2.28. The maximum Gasteiger partial charge on any atom is 0.148 e. The zero-order chi connectivity index (χ0) is 9.26. The molecule has 1 saturated carbocycles. The van der Waals surface area contributed by atoms with Gasteiger partial charge in [0.1, 0.15) is 5.78 Å². The van der Waals surface area contributed by atoms with Crippen LogP contribution in [0, 0.1) is 5.92 Å². The van der Waals surface area contributed by atoms with Gasteiger partial charge in [0.25, 0.3) is 0 Å². The highest BCUT2D eigenvalue weighted by Gasteiger charge is 2.30. The Bertz CT molecular complexity index is 198. The molecule has 2 fully saturated rings. The smallest absolute Gasteiger partial charge is 0.148 e. The molecule has 1 unspecified atom stereocenters. The monoisotopic (exact) mass is 181 g/mol. The minimum absolute atomic E-state index is 0.439. The summed E-state index contributed by atoms with van der Waals surface area (Å²) in [7, 11) is 0. The molecule has 1 aliphatic carbocycles. The standard InChI is InChI=1S/C11H19NO/c1-2-10(7-9-3-4-9)12-6-5-11(13)8-12/h9-10H,2-8H2,1H3. The summed E-state index contributed by atoms with van der Waals surface area (Å²) in [6, 6.07) is 0.693. The number of rotatable bonds is 4. The normalized spacial score (nSPS) is 26.7. The van der Waals surface area contributed by atoms with Crippen LogP contribution in [0.3, 0.4) is 0 Å². The topological polar surface area (TPSA) is 20.3 Å². The molecule has 74 valence electrons. The van der Waals surface area contributed by atoms with E-state index < -0.39 is 0 Å². The SMILES string of the molecule is CCC(CC1CC1)N1CCC(=O)C1. The molecule has 2 aliphatic rings. The molecular weight excluding hydrogens is 162 g/mol. The van der Waals surface area contributed by atoms with Crippen molar-refractivity contribution >= 4 is 5.78 Å². The summed E-state index contributed by atoms with van der Waals surface area (Å²) < 4.78 is 0. The van der Waals surface area contributed by atoms with E-state index in [2.05, 4.69) is 11.8 Å². The number of hydrogen-bond donors (Lipinski definition) is 0. The van der Waals surface area contributed by atoms with Gasteiger partial charge in [0.05, 0.1) is 6.54 Å². The zero-order valence-electron chi connectivity index (χ0n) is 8.46. The fourth-order valence-corrected chi connectivity index (χ4v) is 2.28. The zero-order valence-corrected chi connectivity index (χ0v) is 8.46. The molecule has 13 heavy (non-hydrogen) atoms. The number of carbonyl (C=O) groups excluding carboxylic acids is 1. The number of carbonyl (C=O) groups is 1. The van der Waals surface area contributed by atoms with Gasteiger partial charge in [0, 0.05) is 19.0 Å². The first-order valence-corrected chi connectivity index (χ1v) is 5.55. The largest absolute Gasteiger partial charge is 0.298 e. The summed E-state index contributed by atoms with van der Waals surface area (Å²) in [6.45, 7) is 3.99. The molecule has 0 spiro atoms. The van der Waals surface area contributed by atoms with Crippen LogP contribution in [-0.2, 0) is 4.79 Å². The van der Waals surface area contributed by atoms with Gasteiger partial charge < -0.3 is 0 Å². The van der Waals surface area contributed by atoms with Crippen molar-refractivity contribution in [3.8, 4) is 0 Å². The van der Waals surface area contributed by atoms with Crippen LogP contribution >= 0.6 is 0 Å². The van der Waals surface area contributed by atoms with Crippen LogP contribution in [-0.4, -0.2) is 29.8 Å². The van der Waals surface area contributed by atoms with Gasteiger partial charge in [-0.15, -0.1) is 0 Å². The second-order valence-electron chi connectivity index (χ2n) is 4.50. The molecule has 2 heteroatoms. The first-order chi connectivity index (χ1) is 6.29. The number of hydrogen-bond acceptors (Lipinski definition) is 2. The highest BCUT2D eigenvalue weighted by atomic mass is 16.1. The number of Topliss-reactive ketones (excluding diaryl/α,β-unsaturated/α-hetero) is 1. The summed E-state index contributed by atoms with van der Waals surface area (Å²) in [4.78, 5) is 13.5. The molecule has 0 aromatic rings. The van der Waals surface area contributed by atoms with Crippen LogP contribution in [0.25, 0.3) is 0 Å². The van der Waals surface area contributed by atoms with Crippen molar-refractivity contribution in [3.63, 3.8) is 0 Å². The van der Waals surface area contributed by atoms with Gasteiger partial charge in [-0.05, 0) is 18.8 Å². The van der Waals surface area contributed by atoms with E-state index in [9.17, 15) is 4.79 Å². The number of likely N-dealkylation sites (tertiary alicyclic amines) is 1. The maximum absolute atomic E-state index is 11.1. The van der Waals surface area contributed by atoms with E-state index in [-0.39, 0.29) is 0 Å². The molecule has 2 nitrogen and oxygen atoms in total. The highest BCUT2D eigenvalue weighted by Crippen LogP contribution is 2.35. The first kappa shape index (κ1) is 9.20. The van der Waals surface area contributed by atoms with Gasteiger partial charge in [-0.2, -0.15) is 0 Å². The lowest BCUT2D eigenvalue weighted by Crippen LogP contribution is -2.33. The quantitative estimate of drug-likeness (QED) is 0.659. The molecule has 0 radical (unpaired) electrons. The van der Waals surface area contributed by atoms with E-state index >= 15 is 0 Å². The molecule has 2 rings (SSSR count).